The van der Waals surface area contributed by atoms with Gasteiger partial charge in [-0.25, -0.2) is 4.68 Å². The van der Waals surface area contributed by atoms with Crippen LogP contribution in [0.25, 0.3) is 5.82 Å². The maximum atomic E-state index is 4.39. The fourth-order valence-corrected chi connectivity index (χ4v) is 3.57. The Balaban J connectivity index is 1.53. The van der Waals surface area contributed by atoms with Crippen LogP contribution < -0.4 is 4.90 Å². The van der Waals surface area contributed by atoms with Crippen LogP contribution in [0.2, 0.25) is 0 Å². The highest BCUT2D eigenvalue weighted by atomic mass is 15.4. The molecule has 4 rings (SSSR count). The molecule has 0 N–H and O–H groups in total. The predicted octanol–water partition coefficient (Wildman–Crippen LogP) is 2.21. The largest absolute Gasteiger partial charge is 0.355 e. The van der Waals surface area contributed by atoms with Gasteiger partial charge in [-0.2, -0.15) is 5.10 Å². The molecule has 0 aromatic carbocycles. The molecule has 5 heteroatoms. The van der Waals surface area contributed by atoms with Crippen molar-refractivity contribution in [2.45, 2.75) is 26.2 Å². The molecule has 104 valence electrons. The predicted molar refractivity (Wildman–Crippen MR) is 76.9 cm³/mol. The molecule has 3 heterocycles. The number of hydrogen-bond acceptors (Lipinski definition) is 4. The van der Waals surface area contributed by atoms with Crippen LogP contribution in [0.3, 0.4) is 0 Å². The molecule has 0 amide bonds. The molecule has 1 saturated heterocycles. The number of nitrogens with zero attached hydrogens (tertiary/aromatic N) is 5. The van der Waals surface area contributed by atoms with Crippen LogP contribution in [0.5, 0.6) is 0 Å². The Morgan fingerprint density at radius 1 is 1.00 bits per heavy atom. The first-order valence-corrected chi connectivity index (χ1v) is 7.41. The van der Waals surface area contributed by atoms with E-state index in [1.165, 1.54) is 19.3 Å². The molecule has 1 aliphatic carbocycles. The number of fused-ring (bicyclic) bond motifs is 1. The van der Waals surface area contributed by atoms with Gasteiger partial charge in [0, 0.05) is 19.3 Å². The van der Waals surface area contributed by atoms with Gasteiger partial charge in [-0.05, 0) is 49.8 Å². The van der Waals surface area contributed by atoms with Gasteiger partial charge in [0.2, 0.25) is 0 Å². The summed E-state index contributed by atoms with van der Waals surface area (Å²) < 4.78 is 1.77. The second-order valence-corrected chi connectivity index (χ2v) is 6.01. The fourth-order valence-electron chi connectivity index (χ4n) is 3.57. The van der Waals surface area contributed by atoms with Crippen LogP contribution in [-0.4, -0.2) is 33.1 Å². The van der Waals surface area contributed by atoms with Crippen molar-refractivity contribution in [2.24, 2.45) is 11.8 Å². The van der Waals surface area contributed by atoms with Crippen LogP contribution in [0.15, 0.2) is 24.4 Å². The minimum absolute atomic E-state index is 0.779. The third-order valence-electron chi connectivity index (χ3n) is 4.64. The first-order chi connectivity index (χ1) is 9.79. The van der Waals surface area contributed by atoms with Crippen LogP contribution in [0, 0.1) is 18.8 Å². The highest BCUT2D eigenvalue weighted by Gasteiger charge is 2.36. The molecule has 2 aromatic rings. The van der Waals surface area contributed by atoms with E-state index in [0.29, 0.717) is 0 Å². The Kier molecular flexibility index (Phi) is 2.72. The molecule has 2 atom stereocenters. The highest BCUT2D eigenvalue weighted by molar-refractivity contribution is 5.41. The van der Waals surface area contributed by atoms with E-state index >= 15 is 0 Å². The van der Waals surface area contributed by atoms with Gasteiger partial charge in [-0.1, -0.05) is 6.42 Å². The second kappa shape index (κ2) is 4.58. The third-order valence-corrected chi connectivity index (χ3v) is 4.64. The third kappa shape index (κ3) is 1.97. The van der Waals surface area contributed by atoms with Crippen molar-refractivity contribution >= 4 is 5.82 Å². The molecule has 20 heavy (non-hydrogen) atoms. The summed E-state index contributed by atoms with van der Waals surface area (Å²) >= 11 is 0. The van der Waals surface area contributed by atoms with E-state index < -0.39 is 0 Å². The van der Waals surface area contributed by atoms with Crippen molar-refractivity contribution in [3.63, 3.8) is 0 Å². The first kappa shape index (κ1) is 11.9. The van der Waals surface area contributed by atoms with Crippen LogP contribution in [0.4, 0.5) is 5.82 Å². The number of aryl methyl sites for hydroxylation is 1. The maximum absolute atomic E-state index is 4.39. The molecule has 0 spiro atoms. The summed E-state index contributed by atoms with van der Waals surface area (Å²) in [4.78, 5) is 2.39. The smallest absolute Gasteiger partial charge is 0.175 e. The topological polar surface area (TPSA) is 46.8 Å². The molecular formula is C15H19N5. The van der Waals surface area contributed by atoms with Crippen molar-refractivity contribution in [1.82, 2.24) is 20.0 Å². The van der Waals surface area contributed by atoms with E-state index in [9.17, 15) is 0 Å². The molecule has 1 saturated carbocycles. The Labute approximate surface area is 118 Å². The Morgan fingerprint density at radius 2 is 1.70 bits per heavy atom. The van der Waals surface area contributed by atoms with Gasteiger partial charge in [0.05, 0.1) is 5.69 Å². The monoisotopic (exact) mass is 269 g/mol. The molecule has 0 bridgehead atoms. The molecule has 2 aliphatic rings. The summed E-state index contributed by atoms with van der Waals surface area (Å²) in [6, 6.07) is 6.04. The van der Waals surface area contributed by atoms with E-state index in [0.717, 1.165) is 42.3 Å². The van der Waals surface area contributed by atoms with E-state index in [-0.39, 0.29) is 0 Å². The fraction of sp³-hybridized carbons (Fsp3) is 0.533. The van der Waals surface area contributed by atoms with Gasteiger partial charge in [0.25, 0.3) is 0 Å². The summed E-state index contributed by atoms with van der Waals surface area (Å²) in [6.45, 7) is 4.28. The van der Waals surface area contributed by atoms with Crippen molar-refractivity contribution in [1.29, 1.82) is 0 Å². The standard InChI is InChI=1S/C15H19N5/c1-11-7-8-20(18-11)15-6-5-14(16-17-15)19-9-12-3-2-4-13(12)10-19/h5-8,12-13H,2-4,9-10H2,1H3/t12-,13-/m1/s1. The van der Waals surface area contributed by atoms with Crippen LogP contribution >= 0.6 is 0 Å². The average molecular weight is 269 g/mol. The molecule has 5 nitrogen and oxygen atoms in total. The summed E-state index contributed by atoms with van der Waals surface area (Å²) in [7, 11) is 0. The lowest BCUT2D eigenvalue weighted by molar-refractivity contribution is 0.494. The molecule has 0 radical (unpaired) electrons. The summed E-state index contributed by atoms with van der Waals surface area (Å²) in [5.74, 6) is 3.55. The number of rotatable bonds is 2. The van der Waals surface area contributed by atoms with Crippen molar-refractivity contribution in [2.75, 3.05) is 18.0 Å². The lowest BCUT2D eigenvalue weighted by Gasteiger charge is -2.17. The molecule has 1 aliphatic heterocycles. The molecular weight excluding hydrogens is 250 g/mol. The summed E-state index contributed by atoms with van der Waals surface area (Å²) in [6.07, 6.45) is 6.10. The van der Waals surface area contributed by atoms with Crippen LogP contribution in [0.1, 0.15) is 25.0 Å². The van der Waals surface area contributed by atoms with E-state index in [4.69, 9.17) is 0 Å². The number of hydrogen-bond donors (Lipinski definition) is 0. The van der Waals surface area contributed by atoms with Crippen molar-refractivity contribution in [3.8, 4) is 5.82 Å². The lowest BCUT2D eigenvalue weighted by Crippen LogP contribution is -2.22. The zero-order valence-corrected chi connectivity index (χ0v) is 11.7. The molecule has 0 unspecified atom stereocenters. The number of aromatic nitrogens is 4. The van der Waals surface area contributed by atoms with Gasteiger partial charge in [0.1, 0.15) is 0 Å². The van der Waals surface area contributed by atoms with Gasteiger partial charge >= 0.3 is 0 Å². The highest BCUT2D eigenvalue weighted by Crippen LogP contribution is 2.38. The van der Waals surface area contributed by atoms with Crippen molar-refractivity contribution in [3.05, 3.63) is 30.1 Å². The van der Waals surface area contributed by atoms with Gasteiger partial charge in [0.15, 0.2) is 11.6 Å². The minimum atomic E-state index is 0.779. The van der Waals surface area contributed by atoms with Gasteiger partial charge < -0.3 is 4.90 Å². The Hall–Kier alpha value is -1.91. The average Bonchev–Trinajstić information content (AvgIpc) is 3.13. The van der Waals surface area contributed by atoms with Crippen LogP contribution in [-0.2, 0) is 0 Å². The van der Waals surface area contributed by atoms with E-state index in [1.54, 1.807) is 4.68 Å². The minimum Gasteiger partial charge on any atom is -0.355 e. The molecule has 2 fully saturated rings. The first-order valence-electron chi connectivity index (χ1n) is 7.41. The zero-order valence-electron chi connectivity index (χ0n) is 11.7. The van der Waals surface area contributed by atoms with E-state index in [2.05, 4.69) is 26.3 Å². The number of anilines is 1. The Morgan fingerprint density at radius 3 is 2.30 bits per heavy atom. The quantitative estimate of drug-likeness (QED) is 0.838. The lowest BCUT2D eigenvalue weighted by atomic mass is 10.0. The van der Waals surface area contributed by atoms with E-state index in [1.807, 2.05) is 25.3 Å². The summed E-state index contributed by atoms with van der Waals surface area (Å²) in [5, 5.41) is 13.1. The SMILES string of the molecule is Cc1ccn(-c2ccc(N3C[C@H]4CCC[C@@H]4C3)nn2)n1. The Bertz CT molecular complexity index is 591. The molecule has 2 aromatic heterocycles. The zero-order chi connectivity index (χ0) is 13.5. The second-order valence-electron chi connectivity index (χ2n) is 6.01. The normalized spacial score (nSPS) is 25.1. The summed E-state index contributed by atoms with van der Waals surface area (Å²) in [5.41, 5.74) is 0.989. The van der Waals surface area contributed by atoms with Gasteiger partial charge in [-0.3, -0.25) is 0 Å². The maximum Gasteiger partial charge on any atom is 0.175 e. The van der Waals surface area contributed by atoms with Crippen molar-refractivity contribution < 1.29 is 0 Å². The van der Waals surface area contributed by atoms with Gasteiger partial charge in [-0.15, -0.1) is 10.2 Å².